The first-order valence-corrected chi connectivity index (χ1v) is 15.2. The highest BCUT2D eigenvalue weighted by molar-refractivity contribution is 6.13. The summed E-state index contributed by atoms with van der Waals surface area (Å²) in [4.78, 5) is 71.7. The summed E-state index contributed by atoms with van der Waals surface area (Å²) in [6.45, 7) is 7.52. The summed E-state index contributed by atoms with van der Waals surface area (Å²) in [6.07, 6.45) is 1.88. The first kappa shape index (κ1) is 30.5. The molecule has 5 aliphatic rings. The topological polar surface area (TPSA) is 132 Å². The minimum Gasteiger partial charge on any atom is -0.469 e. The molecule has 0 unspecified atom stereocenters. The van der Waals surface area contributed by atoms with Crippen molar-refractivity contribution < 1.29 is 38.1 Å². The molecule has 1 fully saturated rings. The fraction of sp³-hybridized carbons (Fsp3) is 0.361. The van der Waals surface area contributed by atoms with E-state index in [0.29, 0.717) is 43.3 Å². The zero-order chi connectivity index (χ0) is 34.0. The molecule has 0 spiro atoms. The first-order valence-electron chi connectivity index (χ1n) is 15.2. The highest BCUT2D eigenvalue weighted by Gasteiger charge is 2.90. The molecule has 2 aromatic rings. The standard InChI is InChI=1S/C36H34N2O9/c1-17-9-12-19(13-10-17)37-22-16-34(3,4)28-27-24(22)23(29(37)39)20-15-18(2)11-14-21(20)38(27)36(33(43)47-8)26(31(41)45-6)25(30(40)44-5)35(28,36)32(42)46-7/h9-16,25-26H,1-8H3/t25-,26+,35-,36-/m0/s1. The molecule has 47 heavy (non-hydrogen) atoms. The van der Waals surface area contributed by atoms with Crippen LogP contribution in [0.3, 0.4) is 0 Å². The van der Waals surface area contributed by atoms with Crippen molar-refractivity contribution in [2.24, 2.45) is 22.7 Å². The number of hydrogen-bond donors (Lipinski definition) is 0. The molecule has 0 radical (unpaired) electrons. The number of esters is 4. The Balaban J connectivity index is 1.86. The lowest BCUT2D eigenvalue weighted by molar-refractivity contribution is -0.224. The van der Waals surface area contributed by atoms with Gasteiger partial charge in [0.1, 0.15) is 11.3 Å². The van der Waals surface area contributed by atoms with Crippen LogP contribution < -0.4 is 16.3 Å². The molecule has 0 aromatic heterocycles. The number of ether oxygens (including phenoxy) is 4. The zero-order valence-electron chi connectivity index (χ0n) is 27.3. The van der Waals surface area contributed by atoms with Crippen LogP contribution in [0.15, 0.2) is 47.3 Å². The summed E-state index contributed by atoms with van der Waals surface area (Å²) in [5.74, 6) is -6.76. The van der Waals surface area contributed by atoms with Crippen LogP contribution in [0, 0.1) is 47.0 Å². The van der Waals surface area contributed by atoms with Crippen LogP contribution in [-0.4, -0.2) is 61.5 Å². The van der Waals surface area contributed by atoms with E-state index in [9.17, 15) is 24.0 Å². The van der Waals surface area contributed by atoms with Crippen molar-refractivity contribution in [1.29, 1.82) is 0 Å². The third-order valence-electron chi connectivity index (χ3n) is 10.5. The average Bonchev–Trinajstić information content (AvgIpc) is 3.45. The van der Waals surface area contributed by atoms with E-state index in [0.717, 1.165) is 32.5 Å². The maximum Gasteiger partial charge on any atom is 0.334 e. The third-order valence-corrected chi connectivity index (χ3v) is 10.5. The molecule has 11 heteroatoms. The van der Waals surface area contributed by atoms with Crippen LogP contribution in [0.1, 0.15) is 25.0 Å². The van der Waals surface area contributed by atoms with E-state index in [1.54, 1.807) is 15.2 Å². The number of rotatable bonds is 5. The summed E-state index contributed by atoms with van der Waals surface area (Å²) < 4.78 is 24.7. The number of nitrogens with zero attached hydrogens (tertiary/aromatic N) is 2. The van der Waals surface area contributed by atoms with Crippen LogP contribution in [0.2, 0.25) is 0 Å². The summed E-state index contributed by atoms with van der Waals surface area (Å²) in [5.41, 5.74) is -2.46. The fourth-order valence-corrected chi connectivity index (χ4v) is 8.93. The third kappa shape index (κ3) is 3.24. The number of fused-ring (bicyclic) bond motifs is 6. The monoisotopic (exact) mass is 638 g/mol. The molecule has 242 valence electrons. The number of methoxy groups -OCH3 is 4. The van der Waals surface area contributed by atoms with Gasteiger partial charge in [0.2, 0.25) is 0 Å². The highest BCUT2D eigenvalue weighted by atomic mass is 16.5. The van der Waals surface area contributed by atoms with E-state index in [4.69, 9.17) is 18.9 Å². The predicted octanol–water partition coefficient (Wildman–Crippen LogP) is 1.74. The van der Waals surface area contributed by atoms with E-state index < -0.39 is 52.1 Å². The van der Waals surface area contributed by atoms with Crippen LogP contribution in [0.4, 0.5) is 0 Å². The Morgan fingerprint density at radius 3 is 1.94 bits per heavy atom. The predicted molar refractivity (Wildman–Crippen MR) is 169 cm³/mol. The fourth-order valence-electron chi connectivity index (χ4n) is 8.93. The summed E-state index contributed by atoms with van der Waals surface area (Å²) >= 11 is 0. The van der Waals surface area contributed by atoms with Gasteiger partial charge >= 0.3 is 23.9 Å². The number of aryl methyl sites for hydroxylation is 2. The second kappa shape index (κ2) is 9.66. The minimum absolute atomic E-state index is 0.293. The van der Waals surface area contributed by atoms with Crippen LogP contribution in [0.25, 0.3) is 28.2 Å². The normalized spacial score (nSPS) is 24.6. The smallest absolute Gasteiger partial charge is 0.334 e. The Morgan fingerprint density at radius 1 is 0.745 bits per heavy atom. The molecule has 1 saturated carbocycles. The molecule has 7 rings (SSSR count). The van der Waals surface area contributed by atoms with Crippen molar-refractivity contribution >= 4 is 46.4 Å². The molecule has 2 aliphatic carbocycles. The summed E-state index contributed by atoms with van der Waals surface area (Å²) in [5, 5.41) is 2.29. The molecular formula is C36H34N2O9. The highest BCUT2D eigenvalue weighted by Crippen LogP contribution is 2.73. The SMILES string of the molecule is COC(=O)[C@@H]1[C@H](C(=O)OC)[C@@]2(C(=O)OC)n3c4c5c(n(-c6ccc(C)cc6)c(=O)c=5c5cc(C)ccc53)=CC(C)(C)C=4[C@]12C(=O)OC. The van der Waals surface area contributed by atoms with Crippen molar-refractivity contribution in [3.05, 3.63) is 85.1 Å². The largest absolute Gasteiger partial charge is 0.469 e. The van der Waals surface area contributed by atoms with Crippen LogP contribution >= 0.6 is 0 Å². The van der Waals surface area contributed by atoms with Crippen molar-refractivity contribution in [2.45, 2.75) is 33.2 Å². The lowest BCUT2D eigenvalue weighted by atomic mass is 9.38. The van der Waals surface area contributed by atoms with Gasteiger partial charge in [-0.1, -0.05) is 43.2 Å². The Hall–Kier alpha value is -5.19. The summed E-state index contributed by atoms with van der Waals surface area (Å²) in [7, 11) is 4.62. The van der Waals surface area contributed by atoms with Gasteiger partial charge in [0.15, 0.2) is 5.54 Å². The molecule has 0 saturated heterocycles. The van der Waals surface area contributed by atoms with Crippen LogP contribution in [-0.2, 0) is 43.7 Å². The number of benzene rings is 2. The van der Waals surface area contributed by atoms with Gasteiger partial charge in [0, 0.05) is 21.7 Å². The maximum absolute atomic E-state index is 14.7. The van der Waals surface area contributed by atoms with Gasteiger partial charge in [0.05, 0.1) is 55.8 Å². The van der Waals surface area contributed by atoms with Gasteiger partial charge in [-0.05, 0) is 49.8 Å². The van der Waals surface area contributed by atoms with Gasteiger partial charge < -0.3 is 23.5 Å². The second-order valence-electron chi connectivity index (χ2n) is 13.1. The van der Waals surface area contributed by atoms with Crippen LogP contribution in [0.5, 0.6) is 0 Å². The lowest BCUT2D eigenvalue weighted by Gasteiger charge is -2.62. The molecule has 11 nitrogen and oxygen atoms in total. The molecule has 0 amide bonds. The van der Waals surface area contributed by atoms with E-state index in [1.807, 2.05) is 70.2 Å². The average molecular weight is 639 g/mol. The molecular weight excluding hydrogens is 604 g/mol. The van der Waals surface area contributed by atoms with Gasteiger partial charge in [-0.15, -0.1) is 0 Å². The number of carbonyl (C=O) groups is 4. The maximum atomic E-state index is 14.7. The Labute approximate surface area is 268 Å². The molecule has 4 atom stereocenters. The molecule has 0 bridgehead atoms. The summed E-state index contributed by atoms with van der Waals surface area (Å²) in [6, 6.07) is 13.0. The minimum atomic E-state index is -2.19. The lowest BCUT2D eigenvalue weighted by Crippen LogP contribution is -2.79. The Morgan fingerprint density at radius 2 is 1.34 bits per heavy atom. The number of hydrogen-bond acceptors (Lipinski definition) is 9. The van der Waals surface area contributed by atoms with Gasteiger partial charge in [-0.2, -0.15) is 0 Å². The van der Waals surface area contributed by atoms with E-state index >= 15 is 0 Å². The van der Waals surface area contributed by atoms with Crippen molar-refractivity contribution in [3.8, 4) is 5.69 Å². The molecule has 3 heterocycles. The first-order chi connectivity index (χ1) is 22.3. The number of aromatic nitrogens is 2. The molecule has 2 aromatic carbocycles. The quantitative estimate of drug-likeness (QED) is 0.237. The van der Waals surface area contributed by atoms with Gasteiger partial charge in [-0.3, -0.25) is 23.7 Å². The Kier molecular flexibility index (Phi) is 6.26. The van der Waals surface area contributed by atoms with E-state index in [2.05, 4.69) is 0 Å². The Bertz CT molecular complexity index is 2370. The van der Waals surface area contributed by atoms with E-state index in [-0.39, 0.29) is 5.56 Å². The van der Waals surface area contributed by atoms with Gasteiger partial charge in [0.25, 0.3) is 5.56 Å². The second-order valence-corrected chi connectivity index (χ2v) is 13.1. The van der Waals surface area contributed by atoms with Crippen molar-refractivity contribution in [2.75, 3.05) is 28.4 Å². The number of carbonyl (C=O) groups excluding carboxylic acids is 4. The van der Waals surface area contributed by atoms with Gasteiger partial charge in [-0.25, -0.2) is 4.79 Å². The van der Waals surface area contributed by atoms with E-state index in [1.165, 1.54) is 7.11 Å². The van der Waals surface area contributed by atoms with Crippen molar-refractivity contribution in [1.82, 2.24) is 9.13 Å². The van der Waals surface area contributed by atoms with Crippen molar-refractivity contribution in [3.63, 3.8) is 0 Å². The molecule has 0 N–H and O–H groups in total. The zero-order valence-corrected chi connectivity index (χ0v) is 27.3. The molecule has 3 aliphatic heterocycles.